The quantitative estimate of drug-likeness (QED) is 0.914. The van der Waals surface area contributed by atoms with Crippen LogP contribution in [0, 0.1) is 5.82 Å². The molecule has 0 amide bonds. The third kappa shape index (κ3) is 4.82. The molecule has 1 aromatic rings. The molecule has 0 atom stereocenters. The van der Waals surface area contributed by atoms with Crippen molar-refractivity contribution in [1.82, 2.24) is 5.32 Å². The first-order valence-electron chi connectivity index (χ1n) is 5.63. The summed E-state index contributed by atoms with van der Waals surface area (Å²) in [6.07, 6.45) is 0.776. The van der Waals surface area contributed by atoms with E-state index in [1.807, 2.05) is 6.07 Å². The summed E-state index contributed by atoms with van der Waals surface area (Å²) in [5.41, 5.74) is 0.904. The largest absolute Gasteiger partial charge is 0.351 e. The van der Waals surface area contributed by atoms with Gasteiger partial charge < -0.3 is 14.8 Å². The first kappa shape index (κ1) is 15.9. The maximum Gasteiger partial charge on any atom is 0.169 e. The van der Waals surface area contributed by atoms with E-state index in [0.29, 0.717) is 17.6 Å². The topological polar surface area (TPSA) is 30.5 Å². The lowest BCUT2D eigenvalue weighted by atomic mass is 10.2. The van der Waals surface area contributed by atoms with E-state index in [9.17, 15) is 4.39 Å². The molecule has 18 heavy (non-hydrogen) atoms. The Labute approximate surface area is 121 Å². The summed E-state index contributed by atoms with van der Waals surface area (Å²) in [6.45, 7) is 2.73. The molecule has 3 nitrogen and oxygen atoms in total. The second kappa shape index (κ2) is 8.07. The molecule has 1 saturated heterocycles. The molecule has 1 fully saturated rings. The van der Waals surface area contributed by atoms with Gasteiger partial charge in [0.2, 0.25) is 0 Å². The zero-order chi connectivity index (χ0) is 12.1. The van der Waals surface area contributed by atoms with Gasteiger partial charge in [0.25, 0.3) is 0 Å². The first-order valence-corrected chi connectivity index (χ1v) is 6.43. The van der Waals surface area contributed by atoms with Crippen molar-refractivity contribution in [2.75, 3.05) is 19.8 Å². The molecule has 0 spiro atoms. The van der Waals surface area contributed by atoms with Crippen LogP contribution in [0.4, 0.5) is 4.39 Å². The predicted molar refractivity (Wildman–Crippen MR) is 73.4 cm³/mol. The maximum atomic E-state index is 13.2. The molecule has 0 bridgehead atoms. The summed E-state index contributed by atoms with van der Waals surface area (Å²) < 4.78 is 24.5. The third-order valence-corrected chi connectivity index (χ3v) is 3.16. The summed E-state index contributed by atoms with van der Waals surface area (Å²) >= 11 is 3.12. The van der Waals surface area contributed by atoms with Gasteiger partial charge in [0, 0.05) is 13.1 Å². The number of halogens is 3. The van der Waals surface area contributed by atoms with Crippen molar-refractivity contribution in [3.8, 4) is 0 Å². The van der Waals surface area contributed by atoms with Crippen molar-refractivity contribution in [2.24, 2.45) is 0 Å². The van der Waals surface area contributed by atoms with Gasteiger partial charge in [-0.2, -0.15) is 0 Å². The minimum absolute atomic E-state index is 0. The zero-order valence-electron chi connectivity index (χ0n) is 9.83. The second-order valence-electron chi connectivity index (χ2n) is 3.90. The molecule has 1 N–H and O–H groups in total. The Bertz CT molecular complexity index is 375. The van der Waals surface area contributed by atoms with Crippen LogP contribution in [0.3, 0.4) is 0 Å². The number of hydrogen-bond donors (Lipinski definition) is 1. The molecule has 0 unspecified atom stereocenters. The van der Waals surface area contributed by atoms with Crippen LogP contribution in [0.2, 0.25) is 0 Å². The lowest BCUT2D eigenvalue weighted by molar-refractivity contribution is -0.175. The van der Waals surface area contributed by atoms with Gasteiger partial charge in [0.1, 0.15) is 5.82 Å². The molecule has 0 aliphatic carbocycles. The normalized spacial score (nSPS) is 16.3. The minimum atomic E-state index is -0.241. The zero-order valence-corrected chi connectivity index (χ0v) is 12.2. The average Bonchev–Trinajstić information content (AvgIpc) is 2.35. The molecule has 1 aliphatic heterocycles. The van der Waals surface area contributed by atoms with Gasteiger partial charge in [-0.15, -0.1) is 12.4 Å². The van der Waals surface area contributed by atoms with Crippen LogP contribution in [0.15, 0.2) is 22.7 Å². The molecule has 0 aromatic heterocycles. The second-order valence-corrected chi connectivity index (χ2v) is 4.76. The molecule has 1 heterocycles. The highest BCUT2D eigenvalue weighted by Gasteiger charge is 2.13. The van der Waals surface area contributed by atoms with Crippen LogP contribution in [-0.4, -0.2) is 26.0 Å². The van der Waals surface area contributed by atoms with E-state index in [2.05, 4.69) is 21.2 Å². The lowest BCUT2D eigenvalue weighted by Crippen LogP contribution is -2.34. The van der Waals surface area contributed by atoms with Crippen molar-refractivity contribution in [1.29, 1.82) is 0 Å². The number of benzene rings is 1. The lowest BCUT2D eigenvalue weighted by Gasteiger charge is -2.23. The van der Waals surface area contributed by atoms with Crippen LogP contribution in [0.25, 0.3) is 0 Å². The first-order chi connectivity index (χ1) is 8.25. The summed E-state index contributed by atoms with van der Waals surface area (Å²) in [4.78, 5) is 0. The summed E-state index contributed by atoms with van der Waals surface area (Å²) in [5, 5.41) is 3.19. The number of nitrogens with one attached hydrogen (secondary N) is 1. The fourth-order valence-electron chi connectivity index (χ4n) is 1.64. The van der Waals surface area contributed by atoms with Crippen LogP contribution >= 0.6 is 28.3 Å². The number of rotatable bonds is 4. The van der Waals surface area contributed by atoms with Crippen LogP contribution in [0.5, 0.6) is 0 Å². The molecule has 102 valence electrons. The van der Waals surface area contributed by atoms with Gasteiger partial charge in [-0.05, 0) is 40.0 Å². The average molecular weight is 341 g/mol. The monoisotopic (exact) mass is 339 g/mol. The van der Waals surface area contributed by atoms with Gasteiger partial charge >= 0.3 is 0 Å². The maximum absolute atomic E-state index is 13.2. The van der Waals surface area contributed by atoms with E-state index in [-0.39, 0.29) is 24.5 Å². The Morgan fingerprint density at radius 1 is 1.33 bits per heavy atom. The Kier molecular flexibility index (Phi) is 7.11. The molecular weight excluding hydrogens is 324 g/mol. The molecule has 2 rings (SSSR count). The van der Waals surface area contributed by atoms with Gasteiger partial charge in [0.15, 0.2) is 6.29 Å². The Hall–Kier alpha value is -0.200. The molecule has 6 heteroatoms. The Morgan fingerprint density at radius 2 is 2.06 bits per heavy atom. The van der Waals surface area contributed by atoms with E-state index in [4.69, 9.17) is 9.47 Å². The molecule has 0 saturated carbocycles. The summed E-state index contributed by atoms with van der Waals surface area (Å²) in [5.74, 6) is -0.241. The highest BCUT2D eigenvalue weighted by molar-refractivity contribution is 9.10. The van der Waals surface area contributed by atoms with Crippen molar-refractivity contribution in [2.45, 2.75) is 19.3 Å². The van der Waals surface area contributed by atoms with Gasteiger partial charge in [-0.25, -0.2) is 4.39 Å². The van der Waals surface area contributed by atoms with Crippen molar-refractivity contribution < 1.29 is 13.9 Å². The number of hydrogen-bond acceptors (Lipinski definition) is 3. The van der Waals surface area contributed by atoms with E-state index < -0.39 is 0 Å². The SMILES string of the molecule is Cl.Fc1cc(CNCC2OCCCO2)ccc1Br. The fraction of sp³-hybridized carbons (Fsp3) is 0.500. The Morgan fingerprint density at radius 3 is 2.72 bits per heavy atom. The molecule has 1 aliphatic rings. The highest BCUT2D eigenvalue weighted by atomic mass is 79.9. The predicted octanol–water partition coefficient (Wildman–Crippen LogP) is 2.86. The molecule has 1 aromatic carbocycles. The fourth-order valence-corrected chi connectivity index (χ4v) is 1.89. The van der Waals surface area contributed by atoms with Crippen molar-refractivity contribution >= 4 is 28.3 Å². The molecule has 0 radical (unpaired) electrons. The third-order valence-electron chi connectivity index (χ3n) is 2.52. The standard InChI is InChI=1S/C12H15BrFNO2.ClH/c13-10-3-2-9(6-11(10)14)7-15-8-12-16-4-1-5-17-12;/h2-3,6,12,15H,1,4-5,7-8H2;1H. The van der Waals surface area contributed by atoms with Crippen LogP contribution < -0.4 is 5.32 Å². The summed E-state index contributed by atoms with van der Waals surface area (Å²) in [7, 11) is 0. The van der Waals surface area contributed by atoms with E-state index >= 15 is 0 Å². The molecular formula is C12H16BrClFNO2. The van der Waals surface area contributed by atoms with Crippen LogP contribution in [-0.2, 0) is 16.0 Å². The van der Waals surface area contributed by atoms with Gasteiger partial charge in [-0.1, -0.05) is 6.07 Å². The van der Waals surface area contributed by atoms with Gasteiger partial charge in [-0.3, -0.25) is 0 Å². The van der Waals surface area contributed by atoms with Crippen LogP contribution in [0.1, 0.15) is 12.0 Å². The summed E-state index contributed by atoms with van der Waals surface area (Å²) in [6, 6.07) is 5.10. The van der Waals surface area contributed by atoms with E-state index in [1.54, 1.807) is 6.07 Å². The van der Waals surface area contributed by atoms with E-state index in [0.717, 1.165) is 25.2 Å². The van der Waals surface area contributed by atoms with E-state index in [1.165, 1.54) is 6.07 Å². The number of ether oxygens (including phenoxy) is 2. The highest BCUT2D eigenvalue weighted by Crippen LogP contribution is 2.16. The van der Waals surface area contributed by atoms with Gasteiger partial charge in [0.05, 0.1) is 17.7 Å². The minimum Gasteiger partial charge on any atom is -0.351 e. The Balaban J connectivity index is 0.00000162. The smallest absolute Gasteiger partial charge is 0.169 e. The van der Waals surface area contributed by atoms with Crippen molar-refractivity contribution in [3.05, 3.63) is 34.1 Å². The van der Waals surface area contributed by atoms with Crippen molar-refractivity contribution in [3.63, 3.8) is 0 Å².